The van der Waals surface area contributed by atoms with Crippen molar-refractivity contribution in [3.05, 3.63) is 119 Å². The molecular weight excluding hydrogens is 1050 g/mol. The number of nitrogens with zero attached hydrogens (tertiary/aromatic N) is 1. The Balaban J connectivity index is 1.45. The monoisotopic (exact) mass is 1120 g/mol. The SMILES string of the molecule is CC[C@H](C)[C@H](N)C(=O)O[C@@H](C(=O)O[C@H]1C[C@@]2(O)[C@@H](OC(=O)c3ccccc3)C3[C@](C)(C(=O)[C@H](OC(C)=O)C(=C1C)C2(C)C)[C@@H](OC(=O)[C@@H](N)CCCN=C(N)N)C[C@H]1OC[C@@]31OC(C)=O)[C@@H](NC(=O)c1ccccc1)c1ccccc1. The van der Waals surface area contributed by atoms with Gasteiger partial charge in [-0.15, -0.1) is 0 Å². The van der Waals surface area contributed by atoms with Crippen LogP contribution in [0, 0.1) is 22.7 Å². The summed E-state index contributed by atoms with van der Waals surface area (Å²) in [6.45, 7) is 11.3. The third-order valence-corrected chi connectivity index (χ3v) is 16.7. The number of guanidine groups is 1. The van der Waals surface area contributed by atoms with Crippen LogP contribution in [0.3, 0.4) is 0 Å². The first-order valence-electron chi connectivity index (χ1n) is 27.0. The maximum absolute atomic E-state index is 16.4. The van der Waals surface area contributed by atoms with Gasteiger partial charge in [-0.2, -0.15) is 0 Å². The van der Waals surface area contributed by atoms with E-state index in [4.69, 9.17) is 56.1 Å². The van der Waals surface area contributed by atoms with Crippen molar-refractivity contribution in [2.75, 3.05) is 13.2 Å². The van der Waals surface area contributed by atoms with Crippen LogP contribution in [0.1, 0.15) is 120 Å². The number of hydrogen-bond acceptors (Lipinski definition) is 19. The highest BCUT2D eigenvalue weighted by molar-refractivity contribution is 5.97. The number of hydrogen-bond donors (Lipinski definition) is 6. The number of benzene rings is 3. The predicted octanol–water partition coefficient (Wildman–Crippen LogP) is 3.59. The number of fused-ring (bicyclic) bond motifs is 5. The zero-order chi connectivity index (χ0) is 59.4. The summed E-state index contributed by atoms with van der Waals surface area (Å²) >= 11 is 0. The van der Waals surface area contributed by atoms with Crippen LogP contribution in [0.15, 0.2) is 107 Å². The maximum Gasteiger partial charge on any atom is 0.350 e. The minimum absolute atomic E-state index is 0.00397. The van der Waals surface area contributed by atoms with E-state index in [2.05, 4.69) is 10.3 Å². The number of esters is 6. The first kappa shape index (κ1) is 61.1. The third-order valence-electron chi connectivity index (χ3n) is 16.7. The number of ether oxygens (including phenoxy) is 7. The molecule has 3 aliphatic carbocycles. The molecule has 0 spiro atoms. The lowest BCUT2D eigenvalue weighted by atomic mass is 9.44. The average Bonchev–Trinajstić information content (AvgIpc) is 2.98. The smallest absolute Gasteiger partial charge is 0.350 e. The van der Waals surface area contributed by atoms with Gasteiger partial charge in [-0.05, 0) is 73.6 Å². The lowest BCUT2D eigenvalue weighted by Gasteiger charge is -2.67. The van der Waals surface area contributed by atoms with E-state index < -0.39 is 149 Å². The average molecular weight is 1120 g/mol. The number of carbonyl (C=O) groups excluding carboxylic acids is 8. The molecule has 3 fully saturated rings. The van der Waals surface area contributed by atoms with Gasteiger partial charge >= 0.3 is 35.8 Å². The van der Waals surface area contributed by atoms with Crippen LogP contribution in [-0.4, -0.2) is 132 Å². The second-order valence-corrected chi connectivity index (χ2v) is 22.1. The van der Waals surface area contributed by atoms with Crippen LogP contribution in [0.25, 0.3) is 0 Å². The first-order valence-corrected chi connectivity index (χ1v) is 27.0. The van der Waals surface area contributed by atoms with Gasteiger partial charge in [0.05, 0.1) is 23.5 Å². The van der Waals surface area contributed by atoms with Crippen LogP contribution in [0.4, 0.5) is 0 Å². The van der Waals surface area contributed by atoms with Gasteiger partial charge in [-0.1, -0.05) is 101 Å². The van der Waals surface area contributed by atoms with Gasteiger partial charge in [0, 0.05) is 44.2 Å². The summed E-state index contributed by atoms with van der Waals surface area (Å²) in [6, 6.07) is 20.0. The summed E-state index contributed by atoms with van der Waals surface area (Å²) in [5, 5.41) is 17.1. The number of ketones is 1. The van der Waals surface area contributed by atoms with E-state index in [1.165, 1.54) is 39.8 Å². The van der Waals surface area contributed by atoms with Crippen molar-refractivity contribution in [1.82, 2.24) is 5.32 Å². The summed E-state index contributed by atoms with van der Waals surface area (Å²) in [7, 11) is 0. The number of aliphatic imine (C=N–C) groups is 1. The molecule has 3 aromatic rings. The first-order chi connectivity index (χ1) is 38.2. The normalized spacial score (nSPS) is 28.1. The number of rotatable bonds is 20. The van der Waals surface area contributed by atoms with Gasteiger partial charge in [-0.25, -0.2) is 9.59 Å². The summed E-state index contributed by atoms with van der Waals surface area (Å²) in [6.07, 6.45) is -10.7. The van der Waals surface area contributed by atoms with Gasteiger partial charge in [0.1, 0.15) is 48.1 Å². The van der Waals surface area contributed by atoms with E-state index in [1.807, 2.05) is 6.92 Å². The summed E-state index contributed by atoms with van der Waals surface area (Å²) in [5.74, 6) is -10.0. The van der Waals surface area contributed by atoms with Gasteiger partial charge < -0.3 is 66.5 Å². The molecule has 7 rings (SSSR count). The molecule has 1 unspecified atom stereocenters. The van der Waals surface area contributed by atoms with Crippen LogP contribution in [-0.2, 0) is 61.9 Å². The fourth-order valence-corrected chi connectivity index (χ4v) is 12.0. The van der Waals surface area contributed by atoms with E-state index in [-0.39, 0.29) is 54.0 Å². The molecule has 10 N–H and O–H groups in total. The molecule has 1 aliphatic heterocycles. The molecule has 14 atom stereocenters. The molecular formula is C59H74N6O16. The Morgan fingerprint density at radius 1 is 0.815 bits per heavy atom. The van der Waals surface area contributed by atoms with E-state index in [9.17, 15) is 33.9 Å². The molecule has 1 amide bonds. The van der Waals surface area contributed by atoms with Crippen molar-refractivity contribution in [3.8, 4) is 0 Å². The van der Waals surface area contributed by atoms with Crippen molar-refractivity contribution < 1.29 is 76.6 Å². The highest BCUT2D eigenvalue weighted by Gasteiger charge is 2.79. The molecule has 1 saturated heterocycles. The van der Waals surface area contributed by atoms with Crippen LogP contribution < -0.4 is 28.3 Å². The Labute approximate surface area is 469 Å². The molecule has 2 saturated carbocycles. The van der Waals surface area contributed by atoms with Gasteiger partial charge in [0.25, 0.3) is 5.91 Å². The van der Waals surface area contributed by atoms with Crippen molar-refractivity contribution in [3.63, 3.8) is 0 Å². The molecule has 4 aliphatic rings. The summed E-state index contributed by atoms with van der Waals surface area (Å²) in [5.41, 5.74) is 15.7. The maximum atomic E-state index is 16.4. The molecule has 3 aromatic carbocycles. The fourth-order valence-electron chi connectivity index (χ4n) is 12.0. The topological polar surface area (TPSA) is 350 Å². The zero-order valence-electron chi connectivity index (χ0n) is 46.8. The Morgan fingerprint density at radius 3 is 1.98 bits per heavy atom. The second kappa shape index (κ2) is 24.7. The van der Waals surface area contributed by atoms with Crippen LogP contribution >= 0.6 is 0 Å². The zero-order valence-corrected chi connectivity index (χ0v) is 46.8. The van der Waals surface area contributed by atoms with Crippen molar-refractivity contribution in [1.29, 1.82) is 0 Å². The third kappa shape index (κ3) is 12.1. The van der Waals surface area contributed by atoms with Crippen molar-refractivity contribution in [2.45, 2.75) is 153 Å². The number of nitrogens with two attached hydrogens (primary N) is 4. The molecule has 2 bridgehead atoms. The van der Waals surface area contributed by atoms with E-state index >= 15 is 9.59 Å². The lowest BCUT2D eigenvalue weighted by molar-refractivity contribution is -0.346. The highest BCUT2D eigenvalue weighted by atomic mass is 16.6. The number of Topliss-reactive ketones (excluding diaryl/α,β-unsaturated/α-hetero) is 1. The Hall–Kier alpha value is -7.53. The van der Waals surface area contributed by atoms with Gasteiger partial charge in [0.2, 0.25) is 6.10 Å². The molecule has 1 heterocycles. The van der Waals surface area contributed by atoms with Crippen LogP contribution in [0.2, 0.25) is 0 Å². The summed E-state index contributed by atoms with van der Waals surface area (Å²) in [4.78, 5) is 120. The molecule has 0 radical (unpaired) electrons. The molecule has 22 heteroatoms. The highest BCUT2D eigenvalue weighted by Crippen LogP contribution is 2.65. The fraction of sp³-hybridized carbons (Fsp3) is 0.508. The largest absolute Gasteiger partial charge is 0.460 e. The predicted molar refractivity (Wildman–Crippen MR) is 291 cm³/mol. The van der Waals surface area contributed by atoms with Gasteiger partial charge in [-0.3, -0.25) is 33.8 Å². The van der Waals surface area contributed by atoms with Crippen LogP contribution in [0.5, 0.6) is 0 Å². The molecule has 436 valence electrons. The molecule has 81 heavy (non-hydrogen) atoms. The standard InChI is InChI=1S/C59H74N6O16/c1-9-31(2)43(61)53(72)79-46(44(35-20-13-10-14-21-35)65-50(69)36-22-15-11-16-23-36)54(73)77-39-29-59(74)49(80-51(70)37-24-17-12-18-25-37)47-57(8,48(68)45(76-33(4)66)42(32(39)3)56(59,6)7)40(28-41-58(47,30-75-41)81-34(5)67)78-52(71)38(60)26-19-27-64-55(62)63/h10-18,20-25,31,38-41,43-47,49,74H,9,19,26-30,60-61H2,1-8H3,(H,65,69)(H4,62,63,64)/t31-,38-,39-,40-,41+,43-,44-,45+,46+,47?,49-,57+,58-,59+/m0/s1. The van der Waals surface area contributed by atoms with Gasteiger partial charge in [0.15, 0.2) is 23.4 Å². The Kier molecular flexibility index (Phi) is 18.6. The number of nitrogens with one attached hydrogen (secondary N) is 1. The second-order valence-electron chi connectivity index (χ2n) is 22.1. The minimum atomic E-state index is -2.57. The van der Waals surface area contributed by atoms with E-state index in [1.54, 1.807) is 85.8 Å². The molecule has 22 nitrogen and oxygen atoms in total. The van der Waals surface area contributed by atoms with Crippen molar-refractivity contribution >= 4 is 53.5 Å². The molecule has 0 aromatic heterocycles. The van der Waals surface area contributed by atoms with E-state index in [0.717, 1.165) is 13.8 Å². The summed E-state index contributed by atoms with van der Waals surface area (Å²) < 4.78 is 43.9. The quantitative estimate of drug-likeness (QED) is 0.0235. The Bertz CT molecular complexity index is 2920. The van der Waals surface area contributed by atoms with Crippen molar-refractivity contribution in [2.24, 2.45) is 50.6 Å². The Morgan fingerprint density at radius 2 is 1.42 bits per heavy atom. The number of aliphatic hydroxyl groups is 1. The minimum Gasteiger partial charge on any atom is -0.460 e. The number of amides is 1. The lowest BCUT2D eigenvalue weighted by Crippen LogP contribution is -2.82. The number of carbonyl (C=O) groups is 8. The van der Waals surface area contributed by atoms with E-state index in [0.29, 0.717) is 12.0 Å².